The van der Waals surface area contributed by atoms with Crippen molar-refractivity contribution in [3.8, 4) is 0 Å². The van der Waals surface area contributed by atoms with Gasteiger partial charge in [-0.15, -0.1) is 0 Å². The molecule has 214 valence electrons. The third-order valence-corrected chi connectivity index (χ3v) is 6.26. The number of rotatable bonds is 19. The Bertz CT molecular complexity index is 656. The maximum Gasteiger partial charge on any atom is 0.249 e. The van der Waals surface area contributed by atoms with Crippen LogP contribution in [0.5, 0.6) is 0 Å². The summed E-state index contributed by atoms with van der Waals surface area (Å²) in [6, 6.07) is -1.06. The highest BCUT2D eigenvalue weighted by molar-refractivity contribution is 5.81. The Morgan fingerprint density at radius 3 is 2.11 bits per heavy atom. The lowest BCUT2D eigenvalue weighted by molar-refractivity contribution is -0.302. The number of hydrogen-bond acceptors (Lipinski definition) is 9. The SMILES string of the molecule is [CH][C@@H](O)C(=O)N[C@@H](CO[C@@H]1OC(CO)[C@H](O)[C@H](O)C1O)[C@H](O)/C=C/CCCCC/C=C/CCCCCC. The Hall–Kier alpha value is -1.37. The number of unbranched alkanes of at least 4 members (excludes halogenated alkanes) is 8. The number of ether oxygens (including phenoxy) is 2. The molecule has 0 spiro atoms. The van der Waals surface area contributed by atoms with Crippen LogP contribution in [0.15, 0.2) is 24.3 Å². The largest absolute Gasteiger partial charge is 0.394 e. The molecule has 1 amide bonds. The molecule has 0 aromatic heterocycles. The van der Waals surface area contributed by atoms with E-state index in [0.29, 0.717) is 0 Å². The van der Waals surface area contributed by atoms with Gasteiger partial charge < -0.3 is 45.4 Å². The number of nitrogens with one attached hydrogen (secondary N) is 1. The molecular weight excluding hydrogens is 482 g/mol. The van der Waals surface area contributed by atoms with Gasteiger partial charge in [0.05, 0.1) is 25.4 Å². The van der Waals surface area contributed by atoms with Crippen LogP contribution >= 0.6 is 0 Å². The average Bonchev–Trinajstić information content (AvgIpc) is 2.88. The monoisotopic (exact) mass is 529 g/mol. The minimum absolute atomic E-state index is 0.378. The first-order valence-corrected chi connectivity index (χ1v) is 13.4. The molecule has 37 heavy (non-hydrogen) atoms. The van der Waals surface area contributed by atoms with E-state index < -0.39 is 61.5 Å². The van der Waals surface area contributed by atoms with Crippen LogP contribution in [-0.4, -0.2) is 98.7 Å². The maximum atomic E-state index is 11.9. The number of carbonyl (C=O) groups is 1. The van der Waals surface area contributed by atoms with Crippen LogP contribution in [-0.2, 0) is 14.3 Å². The fourth-order valence-electron chi connectivity index (χ4n) is 3.89. The van der Waals surface area contributed by atoms with Gasteiger partial charge in [-0.05, 0) is 38.5 Å². The highest BCUT2D eigenvalue weighted by Gasteiger charge is 2.44. The molecule has 1 aliphatic rings. The molecule has 0 aromatic carbocycles. The lowest BCUT2D eigenvalue weighted by atomic mass is 9.99. The third-order valence-electron chi connectivity index (χ3n) is 6.26. The van der Waals surface area contributed by atoms with Gasteiger partial charge in [-0.25, -0.2) is 0 Å². The zero-order valence-electron chi connectivity index (χ0n) is 21.9. The summed E-state index contributed by atoms with van der Waals surface area (Å²) >= 11 is 0. The first kappa shape index (κ1) is 33.7. The molecule has 1 fully saturated rings. The lowest BCUT2D eigenvalue weighted by Crippen LogP contribution is -2.60. The third kappa shape index (κ3) is 13.3. The zero-order chi connectivity index (χ0) is 27.6. The van der Waals surface area contributed by atoms with E-state index in [0.717, 1.165) is 38.5 Å². The van der Waals surface area contributed by atoms with Crippen molar-refractivity contribution in [2.45, 2.75) is 120 Å². The first-order valence-electron chi connectivity index (χ1n) is 13.4. The van der Waals surface area contributed by atoms with E-state index in [1.54, 1.807) is 6.08 Å². The van der Waals surface area contributed by atoms with E-state index in [4.69, 9.17) is 16.4 Å². The average molecular weight is 530 g/mol. The Kier molecular flexibility index (Phi) is 17.9. The van der Waals surface area contributed by atoms with E-state index in [-0.39, 0.29) is 6.61 Å². The van der Waals surface area contributed by atoms with E-state index in [1.165, 1.54) is 31.8 Å². The fourth-order valence-corrected chi connectivity index (χ4v) is 3.89. The Morgan fingerprint density at radius 2 is 1.54 bits per heavy atom. The summed E-state index contributed by atoms with van der Waals surface area (Å²) < 4.78 is 10.7. The molecule has 1 rings (SSSR count). The number of aliphatic hydroxyl groups is 6. The van der Waals surface area contributed by atoms with Crippen LogP contribution in [0.25, 0.3) is 0 Å². The zero-order valence-corrected chi connectivity index (χ0v) is 21.9. The second-order valence-electron chi connectivity index (χ2n) is 9.47. The van der Waals surface area contributed by atoms with Crippen molar-refractivity contribution in [3.63, 3.8) is 0 Å². The van der Waals surface area contributed by atoms with Gasteiger partial charge in [-0.3, -0.25) is 4.79 Å². The summed E-state index contributed by atoms with van der Waals surface area (Å²) in [7, 11) is 0. The number of hydrogen-bond donors (Lipinski definition) is 7. The summed E-state index contributed by atoms with van der Waals surface area (Å²) in [5, 5.41) is 61.4. The molecule has 1 saturated heterocycles. The topological polar surface area (TPSA) is 169 Å². The lowest BCUT2D eigenvalue weighted by Gasteiger charge is -2.40. The van der Waals surface area contributed by atoms with Gasteiger partial charge in [0.25, 0.3) is 0 Å². The Labute approximate surface area is 221 Å². The molecule has 0 saturated carbocycles. The normalized spacial score (nSPS) is 27.0. The molecule has 1 aliphatic heterocycles. The quantitative estimate of drug-likeness (QED) is 0.0943. The van der Waals surface area contributed by atoms with Crippen LogP contribution < -0.4 is 5.32 Å². The van der Waals surface area contributed by atoms with Crippen molar-refractivity contribution in [3.05, 3.63) is 31.2 Å². The second-order valence-corrected chi connectivity index (χ2v) is 9.47. The molecule has 8 atom stereocenters. The van der Waals surface area contributed by atoms with Crippen molar-refractivity contribution >= 4 is 5.91 Å². The van der Waals surface area contributed by atoms with Crippen molar-refractivity contribution in [2.24, 2.45) is 0 Å². The molecular formula is C27H47NO9. The van der Waals surface area contributed by atoms with Crippen LogP contribution in [0.3, 0.4) is 0 Å². The van der Waals surface area contributed by atoms with Gasteiger partial charge in [0.1, 0.15) is 30.5 Å². The van der Waals surface area contributed by atoms with Gasteiger partial charge in [0, 0.05) is 6.92 Å². The molecule has 1 heterocycles. The Morgan fingerprint density at radius 1 is 0.946 bits per heavy atom. The van der Waals surface area contributed by atoms with Crippen LogP contribution in [0.2, 0.25) is 0 Å². The molecule has 7 N–H and O–H groups in total. The van der Waals surface area contributed by atoms with Gasteiger partial charge in [-0.1, -0.05) is 56.9 Å². The number of aliphatic hydroxyl groups excluding tert-OH is 6. The number of amides is 1. The van der Waals surface area contributed by atoms with Crippen molar-refractivity contribution in [1.82, 2.24) is 5.32 Å². The fraction of sp³-hybridized carbons (Fsp3) is 0.778. The minimum Gasteiger partial charge on any atom is -0.394 e. The van der Waals surface area contributed by atoms with Crippen LogP contribution in [0.4, 0.5) is 0 Å². The van der Waals surface area contributed by atoms with E-state index in [1.807, 2.05) is 0 Å². The van der Waals surface area contributed by atoms with Crippen LogP contribution in [0.1, 0.15) is 71.1 Å². The molecule has 0 aromatic rings. The number of carbonyl (C=O) groups excluding carboxylic acids is 1. The predicted molar refractivity (Wildman–Crippen MR) is 138 cm³/mol. The molecule has 10 nitrogen and oxygen atoms in total. The highest BCUT2D eigenvalue weighted by Crippen LogP contribution is 2.22. The molecule has 0 aliphatic carbocycles. The number of allylic oxidation sites excluding steroid dienone is 3. The molecule has 0 bridgehead atoms. The highest BCUT2D eigenvalue weighted by atomic mass is 16.7. The second kappa shape index (κ2) is 19.7. The Balaban J connectivity index is 2.47. The van der Waals surface area contributed by atoms with Gasteiger partial charge in [-0.2, -0.15) is 0 Å². The van der Waals surface area contributed by atoms with Gasteiger partial charge in [0.15, 0.2) is 6.29 Å². The van der Waals surface area contributed by atoms with Gasteiger partial charge >= 0.3 is 0 Å². The van der Waals surface area contributed by atoms with Crippen LogP contribution in [0, 0.1) is 6.92 Å². The van der Waals surface area contributed by atoms with Crippen molar-refractivity contribution < 1.29 is 44.9 Å². The molecule has 10 heteroatoms. The molecule has 2 unspecified atom stereocenters. The smallest absolute Gasteiger partial charge is 0.249 e. The summed E-state index contributed by atoms with van der Waals surface area (Å²) in [5.74, 6) is -0.937. The standard InChI is InChI=1S/C27H47NO9/c1-3-4-5-6-7-8-9-10-11-12-13-14-15-16-21(31)20(28-26(35)19(2)30)18-36-27-25(34)24(33)23(32)22(17-29)37-27/h2,8-9,15-16,19-25,27,29-34H,3-7,10-14,17-18H2,1H3,(H,28,35)/b9-8+,16-15+/t19-,20+,21-,22?,23+,24+,25?,27-/m1/s1. The first-order chi connectivity index (χ1) is 17.7. The molecule has 2 radical (unpaired) electrons. The van der Waals surface area contributed by atoms with E-state index in [9.17, 15) is 35.4 Å². The van der Waals surface area contributed by atoms with Gasteiger partial charge in [0.2, 0.25) is 5.91 Å². The van der Waals surface area contributed by atoms with Crippen molar-refractivity contribution in [1.29, 1.82) is 0 Å². The minimum atomic E-state index is -1.81. The summed E-state index contributed by atoms with van der Waals surface area (Å²) in [4.78, 5) is 11.9. The summed E-state index contributed by atoms with van der Waals surface area (Å²) in [6.07, 6.45) is 8.44. The maximum absolute atomic E-state index is 11.9. The summed E-state index contributed by atoms with van der Waals surface area (Å²) in [6.45, 7) is 6.39. The van der Waals surface area contributed by atoms with E-state index >= 15 is 0 Å². The predicted octanol–water partition coefficient (Wildman–Crippen LogP) is 0.754. The van der Waals surface area contributed by atoms with Crippen molar-refractivity contribution in [2.75, 3.05) is 13.2 Å². The van der Waals surface area contributed by atoms with E-state index in [2.05, 4.69) is 24.4 Å². The summed E-state index contributed by atoms with van der Waals surface area (Å²) in [5.41, 5.74) is 0.